The van der Waals surface area contributed by atoms with Gasteiger partial charge < -0.3 is 10.2 Å². The summed E-state index contributed by atoms with van der Waals surface area (Å²) in [6.45, 7) is 2.24. The number of unbranched alkanes of at least 4 members (excludes halogenated alkanes) is 8. The zero-order chi connectivity index (χ0) is 16.9. The third-order valence-corrected chi connectivity index (χ3v) is 4.29. The molecule has 0 saturated heterocycles. The Morgan fingerprint density at radius 2 is 1.43 bits per heavy atom. The molecule has 1 aromatic rings. The number of carbonyl (C=O) groups is 1. The van der Waals surface area contributed by atoms with E-state index in [9.17, 15) is 15.0 Å². The van der Waals surface area contributed by atoms with Gasteiger partial charge in [0.25, 0.3) is 0 Å². The maximum Gasteiger partial charge on any atom is 0.157 e. The number of hydrogen-bond donors (Lipinski definition) is 2. The van der Waals surface area contributed by atoms with Gasteiger partial charge in [-0.1, -0.05) is 64.4 Å². The van der Waals surface area contributed by atoms with Crippen LogP contribution in [0.15, 0.2) is 18.2 Å². The smallest absolute Gasteiger partial charge is 0.157 e. The molecule has 0 bridgehead atoms. The van der Waals surface area contributed by atoms with E-state index in [-0.39, 0.29) is 11.5 Å². The van der Waals surface area contributed by atoms with Gasteiger partial charge in [-0.2, -0.15) is 0 Å². The Kier molecular flexibility index (Phi) is 10.2. The maximum atomic E-state index is 11.9. The van der Waals surface area contributed by atoms with Crippen molar-refractivity contribution in [3.63, 3.8) is 0 Å². The van der Waals surface area contributed by atoms with Crippen molar-refractivity contribution in [2.24, 2.45) is 0 Å². The number of aromatic hydroxyl groups is 2. The lowest BCUT2D eigenvalue weighted by Gasteiger charge is -2.04. The fourth-order valence-electron chi connectivity index (χ4n) is 2.77. The Balaban J connectivity index is 2.01. The Hall–Kier alpha value is -1.51. The minimum absolute atomic E-state index is 0.116. The lowest BCUT2D eigenvalue weighted by molar-refractivity contribution is -0.119. The van der Waals surface area contributed by atoms with Gasteiger partial charge >= 0.3 is 0 Å². The molecule has 0 unspecified atom stereocenters. The lowest BCUT2D eigenvalue weighted by atomic mass is 10.0. The Bertz CT molecular complexity index is 454. The van der Waals surface area contributed by atoms with Gasteiger partial charge in [0.15, 0.2) is 11.5 Å². The number of Topliss-reactive ketones (excluding diaryl/α,β-unsaturated/α-hetero) is 1. The van der Waals surface area contributed by atoms with Gasteiger partial charge in [0.05, 0.1) is 0 Å². The van der Waals surface area contributed by atoms with E-state index in [4.69, 9.17) is 0 Å². The molecule has 0 aliphatic heterocycles. The van der Waals surface area contributed by atoms with Gasteiger partial charge in [0.1, 0.15) is 5.78 Å². The molecule has 0 radical (unpaired) electrons. The van der Waals surface area contributed by atoms with Gasteiger partial charge in [0, 0.05) is 12.8 Å². The molecule has 0 saturated carbocycles. The highest BCUT2D eigenvalue weighted by Gasteiger charge is 2.05. The average Bonchev–Trinajstić information content (AvgIpc) is 2.54. The van der Waals surface area contributed by atoms with Crippen LogP contribution in [0.3, 0.4) is 0 Å². The quantitative estimate of drug-likeness (QED) is 0.371. The van der Waals surface area contributed by atoms with Crippen molar-refractivity contribution in [1.29, 1.82) is 0 Å². The maximum absolute atomic E-state index is 11.9. The summed E-state index contributed by atoms with van der Waals surface area (Å²) in [5.74, 6) is 0.0594. The number of rotatable bonds is 13. The van der Waals surface area contributed by atoms with Crippen LogP contribution in [0, 0.1) is 0 Å². The molecule has 3 nitrogen and oxygen atoms in total. The van der Waals surface area contributed by atoms with E-state index in [0.29, 0.717) is 25.0 Å². The van der Waals surface area contributed by atoms with Gasteiger partial charge in [-0.25, -0.2) is 0 Å². The summed E-state index contributed by atoms with van der Waals surface area (Å²) in [6, 6.07) is 4.75. The molecule has 1 aromatic carbocycles. The summed E-state index contributed by atoms with van der Waals surface area (Å²) in [5.41, 5.74) is 0.890. The highest BCUT2D eigenvalue weighted by molar-refractivity contribution is 5.78. The molecule has 0 aliphatic rings. The number of benzene rings is 1. The van der Waals surface area contributed by atoms with Crippen LogP contribution in [-0.4, -0.2) is 16.0 Å². The summed E-state index contributed by atoms with van der Waals surface area (Å²) in [4.78, 5) is 11.9. The standard InChI is InChI=1S/C20H32O3/c1-2-3-4-5-6-7-8-9-10-11-18(21)14-12-17-13-15-19(22)20(23)16-17/h13,15-16,22-23H,2-12,14H2,1H3. The summed E-state index contributed by atoms with van der Waals surface area (Å²) >= 11 is 0. The molecule has 0 aliphatic carbocycles. The summed E-state index contributed by atoms with van der Waals surface area (Å²) in [5, 5.41) is 18.7. The second-order valence-electron chi connectivity index (χ2n) is 6.44. The first-order chi connectivity index (χ1) is 11.1. The third-order valence-electron chi connectivity index (χ3n) is 4.29. The normalized spacial score (nSPS) is 10.8. The first-order valence-electron chi connectivity index (χ1n) is 9.16. The van der Waals surface area contributed by atoms with Crippen LogP contribution in [0.25, 0.3) is 0 Å². The largest absolute Gasteiger partial charge is 0.504 e. The molecule has 3 heteroatoms. The summed E-state index contributed by atoms with van der Waals surface area (Å²) in [6.07, 6.45) is 13.2. The second kappa shape index (κ2) is 12.0. The average molecular weight is 320 g/mol. The predicted molar refractivity (Wildman–Crippen MR) is 94.9 cm³/mol. The van der Waals surface area contributed by atoms with Crippen molar-refractivity contribution >= 4 is 5.78 Å². The van der Waals surface area contributed by atoms with Crippen LogP contribution in [0.5, 0.6) is 11.5 Å². The van der Waals surface area contributed by atoms with E-state index in [1.807, 2.05) is 0 Å². The molecule has 130 valence electrons. The number of hydrogen-bond acceptors (Lipinski definition) is 3. The highest BCUT2D eigenvalue weighted by Crippen LogP contribution is 2.25. The van der Waals surface area contributed by atoms with Gasteiger partial charge in [0.2, 0.25) is 0 Å². The van der Waals surface area contributed by atoms with Crippen LogP contribution < -0.4 is 0 Å². The first-order valence-corrected chi connectivity index (χ1v) is 9.16. The monoisotopic (exact) mass is 320 g/mol. The molecule has 23 heavy (non-hydrogen) atoms. The number of carbonyl (C=O) groups excluding carboxylic acids is 1. The van der Waals surface area contributed by atoms with Crippen LogP contribution in [0.4, 0.5) is 0 Å². The van der Waals surface area contributed by atoms with Crippen LogP contribution >= 0.6 is 0 Å². The zero-order valence-electron chi connectivity index (χ0n) is 14.5. The Labute approximate surface area is 140 Å². The number of aryl methyl sites for hydroxylation is 1. The van der Waals surface area contributed by atoms with E-state index < -0.39 is 0 Å². The zero-order valence-corrected chi connectivity index (χ0v) is 14.5. The number of phenols is 2. The molecule has 0 aromatic heterocycles. The van der Waals surface area contributed by atoms with Crippen molar-refractivity contribution < 1.29 is 15.0 Å². The van der Waals surface area contributed by atoms with Crippen molar-refractivity contribution in [1.82, 2.24) is 0 Å². The van der Waals surface area contributed by atoms with E-state index in [2.05, 4.69) is 6.92 Å². The molecular weight excluding hydrogens is 288 g/mol. The summed E-state index contributed by atoms with van der Waals surface area (Å²) in [7, 11) is 0. The lowest BCUT2D eigenvalue weighted by Crippen LogP contribution is -2.00. The summed E-state index contributed by atoms with van der Waals surface area (Å²) < 4.78 is 0. The van der Waals surface area contributed by atoms with Gasteiger partial charge in [-0.3, -0.25) is 4.79 Å². The predicted octanol–water partition coefficient (Wildman–Crippen LogP) is 5.52. The topological polar surface area (TPSA) is 57.5 Å². The third kappa shape index (κ3) is 9.27. The fourth-order valence-corrected chi connectivity index (χ4v) is 2.77. The molecular formula is C20H32O3. The number of phenolic OH excluding ortho intramolecular Hbond substituents is 2. The molecule has 0 amide bonds. The number of ketones is 1. The van der Waals surface area contributed by atoms with E-state index in [0.717, 1.165) is 18.4 Å². The fraction of sp³-hybridized carbons (Fsp3) is 0.650. The SMILES string of the molecule is CCCCCCCCCCCC(=O)CCc1ccc(O)c(O)c1. The molecule has 1 rings (SSSR count). The Morgan fingerprint density at radius 1 is 0.826 bits per heavy atom. The molecule has 0 spiro atoms. The molecule has 0 fully saturated rings. The van der Waals surface area contributed by atoms with E-state index >= 15 is 0 Å². The second-order valence-corrected chi connectivity index (χ2v) is 6.44. The van der Waals surface area contributed by atoms with Crippen molar-refractivity contribution in [3.8, 4) is 11.5 Å². The van der Waals surface area contributed by atoms with Gasteiger partial charge in [-0.05, 0) is 30.5 Å². The minimum atomic E-state index is -0.117. The molecule has 0 heterocycles. The Morgan fingerprint density at radius 3 is 2.04 bits per heavy atom. The minimum Gasteiger partial charge on any atom is -0.504 e. The first kappa shape index (κ1) is 19.5. The van der Waals surface area contributed by atoms with Crippen LogP contribution in [-0.2, 0) is 11.2 Å². The van der Waals surface area contributed by atoms with Crippen LogP contribution in [0.1, 0.15) is 83.1 Å². The highest BCUT2D eigenvalue weighted by atomic mass is 16.3. The van der Waals surface area contributed by atoms with Crippen LogP contribution in [0.2, 0.25) is 0 Å². The van der Waals surface area contributed by atoms with E-state index in [1.54, 1.807) is 6.07 Å². The van der Waals surface area contributed by atoms with Crippen molar-refractivity contribution in [2.45, 2.75) is 84.0 Å². The molecule has 0 atom stereocenters. The molecule has 2 N–H and O–H groups in total. The van der Waals surface area contributed by atoms with Crippen molar-refractivity contribution in [2.75, 3.05) is 0 Å². The van der Waals surface area contributed by atoms with E-state index in [1.165, 1.54) is 57.1 Å². The van der Waals surface area contributed by atoms with Crippen molar-refractivity contribution in [3.05, 3.63) is 23.8 Å². The van der Waals surface area contributed by atoms with Gasteiger partial charge in [-0.15, -0.1) is 0 Å².